The fourth-order valence-corrected chi connectivity index (χ4v) is 3.76. The van der Waals surface area contributed by atoms with Crippen LogP contribution in [-0.2, 0) is 9.84 Å². The van der Waals surface area contributed by atoms with Gasteiger partial charge in [0.25, 0.3) is 0 Å². The fourth-order valence-electron chi connectivity index (χ4n) is 2.02. The number of rotatable bonds is 1. The highest BCUT2D eigenvalue weighted by Gasteiger charge is 2.31. The molecular weight excluding hydrogens is 226 g/mol. The van der Waals surface area contributed by atoms with Crippen molar-refractivity contribution in [1.29, 1.82) is 0 Å². The van der Waals surface area contributed by atoms with Crippen LogP contribution in [0.3, 0.4) is 0 Å². The van der Waals surface area contributed by atoms with Crippen LogP contribution in [0, 0.1) is 0 Å². The molecule has 3 rings (SSSR count). The van der Waals surface area contributed by atoms with Gasteiger partial charge in [0, 0.05) is 12.1 Å². The highest BCUT2D eigenvalue weighted by Crippen LogP contribution is 2.26. The molecule has 0 spiro atoms. The lowest BCUT2D eigenvalue weighted by Gasteiger charge is -1.98. The molecule has 0 N–H and O–H groups in total. The quantitative estimate of drug-likeness (QED) is 0.729. The molecule has 84 valence electrons. The molecule has 0 radical (unpaired) electrons. The molecule has 0 saturated carbocycles. The first-order valence-electron chi connectivity index (χ1n) is 5.16. The minimum absolute atomic E-state index is 0.0371. The summed E-state index contributed by atoms with van der Waals surface area (Å²) in [5.41, 5.74) is 0.766. The van der Waals surface area contributed by atoms with Crippen molar-refractivity contribution in [3.8, 4) is 0 Å². The van der Waals surface area contributed by atoms with Gasteiger partial charge in [0.1, 0.15) is 0 Å². The largest absolute Gasteiger partial charge is 0.229 e. The number of aromatic nitrogens is 3. The number of hydrogen-bond acceptors (Lipinski definition) is 4. The smallest absolute Gasteiger partial charge is 0.155 e. The fraction of sp³-hybridized carbons (Fsp3) is 0.400. The van der Waals surface area contributed by atoms with Crippen LogP contribution in [0.15, 0.2) is 24.4 Å². The molecule has 0 amide bonds. The molecule has 0 bridgehead atoms. The Balaban J connectivity index is 2.01. The van der Waals surface area contributed by atoms with E-state index in [4.69, 9.17) is 0 Å². The molecule has 5 nitrogen and oxygen atoms in total. The Kier molecular flexibility index (Phi) is 2.00. The molecule has 0 aromatic carbocycles. The van der Waals surface area contributed by atoms with Crippen LogP contribution >= 0.6 is 0 Å². The molecule has 16 heavy (non-hydrogen) atoms. The average Bonchev–Trinajstić information content (AvgIpc) is 2.80. The van der Waals surface area contributed by atoms with E-state index in [9.17, 15) is 8.42 Å². The molecule has 0 aliphatic carbocycles. The monoisotopic (exact) mass is 237 g/mol. The zero-order valence-electron chi connectivity index (χ0n) is 8.57. The van der Waals surface area contributed by atoms with Crippen molar-refractivity contribution in [3.63, 3.8) is 0 Å². The van der Waals surface area contributed by atoms with Crippen LogP contribution in [0.25, 0.3) is 5.65 Å². The van der Waals surface area contributed by atoms with Gasteiger partial charge in [-0.2, -0.15) is 5.10 Å². The van der Waals surface area contributed by atoms with Gasteiger partial charge in [-0.3, -0.25) is 0 Å². The summed E-state index contributed by atoms with van der Waals surface area (Å²) in [6.07, 6.45) is 2.45. The van der Waals surface area contributed by atoms with E-state index in [2.05, 4.69) is 10.1 Å². The van der Waals surface area contributed by atoms with Crippen molar-refractivity contribution in [2.24, 2.45) is 0 Å². The van der Waals surface area contributed by atoms with E-state index in [1.54, 1.807) is 4.52 Å². The summed E-state index contributed by atoms with van der Waals surface area (Å²) in [5, 5.41) is 4.30. The second kappa shape index (κ2) is 3.28. The summed E-state index contributed by atoms with van der Waals surface area (Å²) >= 11 is 0. The van der Waals surface area contributed by atoms with E-state index < -0.39 is 9.84 Å². The summed E-state index contributed by atoms with van der Waals surface area (Å²) < 4.78 is 24.4. The molecule has 6 heteroatoms. The lowest BCUT2D eigenvalue weighted by atomic mass is 10.1. The lowest BCUT2D eigenvalue weighted by Crippen LogP contribution is -2.05. The average molecular weight is 237 g/mol. The Bertz CT molecular complexity index is 599. The van der Waals surface area contributed by atoms with E-state index in [-0.39, 0.29) is 17.4 Å². The molecule has 3 heterocycles. The first-order valence-corrected chi connectivity index (χ1v) is 6.98. The van der Waals surface area contributed by atoms with Crippen LogP contribution in [0.2, 0.25) is 0 Å². The van der Waals surface area contributed by atoms with E-state index in [1.807, 2.05) is 24.4 Å². The summed E-state index contributed by atoms with van der Waals surface area (Å²) in [4.78, 5) is 4.35. The van der Waals surface area contributed by atoms with Crippen molar-refractivity contribution >= 4 is 15.5 Å². The van der Waals surface area contributed by atoms with Gasteiger partial charge in [-0.05, 0) is 18.6 Å². The van der Waals surface area contributed by atoms with Gasteiger partial charge in [-0.15, -0.1) is 0 Å². The summed E-state index contributed by atoms with van der Waals surface area (Å²) in [6, 6.07) is 5.62. The topological polar surface area (TPSA) is 64.3 Å². The van der Waals surface area contributed by atoms with Gasteiger partial charge in [0.2, 0.25) is 0 Å². The molecule has 2 aromatic heterocycles. The van der Waals surface area contributed by atoms with Gasteiger partial charge in [-0.25, -0.2) is 17.9 Å². The van der Waals surface area contributed by atoms with Crippen molar-refractivity contribution in [3.05, 3.63) is 30.2 Å². The van der Waals surface area contributed by atoms with Crippen LogP contribution < -0.4 is 0 Å². The second-order valence-electron chi connectivity index (χ2n) is 4.07. The second-order valence-corrected chi connectivity index (χ2v) is 6.30. The Hall–Kier alpha value is -1.43. The van der Waals surface area contributed by atoms with Crippen LogP contribution in [0.1, 0.15) is 18.2 Å². The number of fused-ring (bicyclic) bond motifs is 1. The summed E-state index contributed by atoms with van der Waals surface area (Å²) in [6.45, 7) is 0. The minimum Gasteiger partial charge on any atom is -0.229 e. The first kappa shape index (κ1) is 9.77. The predicted octanol–water partition coefficient (Wildman–Crippen LogP) is 0.631. The minimum atomic E-state index is -2.87. The maximum absolute atomic E-state index is 11.4. The molecule has 1 atom stereocenters. The van der Waals surface area contributed by atoms with Crippen LogP contribution in [-0.4, -0.2) is 34.5 Å². The zero-order chi connectivity index (χ0) is 11.2. The van der Waals surface area contributed by atoms with E-state index >= 15 is 0 Å². The standard InChI is InChI=1S/C10H11N3O2S/c14-16(15)6-4-8(7-16)10-11-9-3-1-2-5-13(9)12-10/h1-3,5,8H,4,6-7H2. The third-order valence-corrected chi connectivity index (χ3v) is 4.62. The zero-order valence-corrected chi connectivity index (χ0v) is 9.39. The molecule has 1 unspecified atom stereocenters. The molecule has 1 fully saturated rings. The summed E-state index contributed by atoms with van der Waals surface area (Å²) in [7, 11) is -2.87. The van der Waals surface area contributed by atoms with Crippen molar-refractivity contribution < 1.29 is 8.42 Å². The van der Waals surface area contributed by atoms with Gasteiger partial charge in [0.05, 0.1) is 11.5 Å². The van der Waals surface area contributed by atoms with E-state index in [1.165, 1.54) is 0 Å². The van der Waals surface area contributed by atoms with Crippen molar-refractivity contribution in [2.45, 2.75) is 12.3 Å². The molecule has 2 aromatic rings. The van der Waals surface area contributed by atoms with E-state index in [0.29, 0.717) is 12.2 Å². The Labute approximate surface area is 93.0 Å². The van der Waals surface area contributed by atoms with Gasteiger partial charge < -0.3 is 0 Å². The van der Waals surface area contributed by atoms with Gasteiger partial charge in [-0.1, -0.05) is 6.07 Å². The summed E-state index contributed by atoms with van der Waals surface area (Å²) in [5.74, 6) is 1.05. The Morgan fingerprint density at radius 2 is 2.25 bits per heavy atom. The number of hydrogen-bond donors (Lipinski definition) is 0. The third kappa shape index (κ3) is 1.59. The van der Waals surface area contributed by atoms with Crippen LogP contribution in [0.5, 0.6) is 0 Å². The molecular formula is C10H11N3O2S. The maximum Gasteiger partial charge on any atom is 0.155 e. The van der Waals surface area contributed by atoms with Crippen molar-refractivity contribution in [2.75, 3.05) is 11.5 Å². The molecule has 1 aliphatic rings. The number of sulfone groups is 1. The lowest BCUT2D eigenvalue weighted by molar-refractivity contribution is 0.601. The highest BCUT2D eigenvalue weighted by molar-refractivity contribution is 7.91. The van der Waals surface area contributed by atoms with Gasteiger partial charge >= 0.3 is 0 Å². The molecule has 1 saturated heterocycles. The highest BCUT2D eigenvalue weighted by atomic mass is 32.2. The Morgan fingerprint density at radius 1 is 1.38 bits per heavy atom. The normalized spacial score (nSPS) is 23.9. The maximum atomic E-state index is 11.4. The predicted molar refractivity (Wildman–Crippen MR) is 59.0 cm³/mol. The van der Waals surface area contributed by atoms with Crippen molar-refractivity contribution in [1.82, 2.24) is 14.6 Å². The van der Waals surface area contributed by atoms with Gasteiger partial charge in [0.15, 0.2) is 21.3 Å². The first-order chi connectivity index (χ1) is 7.64. The number of pyridine rings is 1. The Morgan fingerprint density at radius 3 is 2.94 bits per heavy atom. The van der Waals surface area contributed by atoms with E-state index in [0.717, 1.165) is 5.65 Å². The number of nitrogens with zero attached hydrogens (tertiary/aromatic N) is 3. The third-order valence-electron chi connectivity index (χ3n) is 2.86. The SMILES string of the molecule is O=S1(=O)CCC(c2nc3ccccn3n2)C1. The van der Waals surface area contributed by atoms with Crippen LogP contribution in [0.4, 0.5) is 0 Å². The molecule has 1 aliphatic heterocycles.